The highest BCUT2D eigenvalue weighted by Crippen LogP contribution is 2.33. The van der Waals surface area contributed by atoms with Crippen LogP contribution in [-0.4, -0.2) is 67.4 Å². The lowest BCUT2D eigenvalue weighted by molar-refractivity contribution is -0.384. The van der Waals surface area contributed by atoms with Gasteiger partial charge in [-0.2, -0.15) is 13.2 Å². The average molecular weight is 830 g/mol. The molecule has 60 heavy (non-hydrogen) atoms. The van der Waals surface area contributed by atoms with E-state index in [-0.39, 0.29) is 56.6 Å². The maximum Gasteiger partial charge on any atom is 0.513 e. The first-order valence-electron chi connectivity index (χ1n) is 18.8. The van der Waals surface area contributed by atoms with Crippen LogP contribution in [-0.2, 0) is 33.5 Å². The van der Waals surface area contributed by atoms with Crippen molar-refractivity contribution in [3.8, 4) is 17.0 Å². The lowest BCUT2D eigenvalue weighted by Crippen LogP contribution is -2.23. The Bertz CT molecular complexity index is 2270. The number of rotatable bonds is 19. The Kier molecular flexibility index (Phi) is 15.7. The topological polar surface area (TPSA) is 171 Å². The van der Waals surface area contributed by atoms with E-state index in [1.807, 2.05) is 26.0 Å². The molecule has 0 spiro atoms. The fraction of sp³-hybridized carbons (Fsp3) is 0.256. The zero-order valence-corrected chi connectivity index (χ0v) is 32.7. The highest BCUT2D eigenvalue weighted by atomic mass is 19.4. The summed E-state index contributed by atoms with van der Waals surface area (Å²) in [4.78, 5) is 55.4. The molecule has 314 valence electrons. The number of hydrogen-bond acceptors (Lipinski definition) is 11. The van der Waals surface area contributed by atoms with Gasteiger partial charge in [0.2, 0.25) is 0 Å². The normalized spacial score (nSPS) is 11.1. The molecular weight excluding hydrogens is 787 g/mol. The maximum atomic E-state index is 13.6. The minimum absolute atomic E-state index is 0.0720. The number of pyridine rings is 1. The number of hydrogen-bond donors (Lipinski definition) is 2. The van der Waals surface area contributed by atoms with Crippen LogP contribution < -0.4 is 20.3 Å². The smallest absolute Gasteiger partial charge is 0.432 e. The number of nitrogens with zero attached hydrogens (tertiary/aromatic N) is 3. The molecule has 0 saturated carbocycles. The number of nitrogens with one attached hydrogen (secondary N) is 2. The summed E-state index contributed by atoms with van der Waals surface area (Å²) in [5.74, 6) is -0.821. The van der Waals surface area contributed by atoms with E-state index in [0.29, 0.717) is 41.2 Å². The van der Waals surface area contributed by atoms with Crippen LogP contribution in [0.3, 0.4) is 0 Å². The number of carbonyl (C=O) groups is 3. The number of non-ortho nitro benzene ring substituents is 1. The Labute approximate surface area is 343 Å². The predicted octanol–water partition coefficient (Wildman–Crippen LogP) is 8.45. The van der Waals surface area contributed by atoms with E-state index in [1.165, 1.54) is 48.7 Å². The Balaban J connectivity index is 1.15. The van der Waals surface area contributed by atoms with Gasteiger partial charge in [-0.15, -0.1) is 0 Å². The van der Waals surface area contributed by atoms with Crippen molar-refractivity contribution in [1.82, 2.24) is 10.3 Å². The molecule has 1 heterocycles. The third-order valence-corrected chi connectivity index (χ3v) is 8.91. The van der Waals surface area contributed by atoms with Crippen molar-refractivity contribution in [2.45, 2.75) is 33.2 Å². The summed E-state index contributed by atoms with van der Waals surface area (Å²) in [5.41, 5.74) is 2.90. The van der Waals surface area contributed by atoms with Gasteiger partial charge in [-0.05, 0) is 91.7 Å². The predicted molar refractivity (Wildman–Crippen MR) is 216 cm³/mol. The molecule has 2 amide bonds. The van der Waals surface area contributed by atoms with Gasteiger partial charge in [0.1, 0.15) is 12.4 Å². The van der Waals surface area contributed by atoms with E-state index in [9.17, 15) is 37.7 Å². The van der Waals surface area contributed by atoms with E-state index >= 15 is 0 Å². The Morgan fingerprint density at radius 2 is 1.48 bits per heavy atom. The van der Waals surface area contributed by atoms with Gasteiger partial charge in [-0.25, -0.2) is 4.79 Å². The van der Waals surface area contributed by atoms with Crippen molar-refractivity contribution in [3.63, 3.8) is 0 Å². The second-order valence-electron chi connectivity index (χ2n) is 13.0. The largest absolute Gasteiger partial charge is 0.513 e. The molecule has 17 heteroatoms. The minimum atomic E-state index is -4.51. The summed E-state index contributed by atoms with van der Waals surface area (Å²) in [7, 11) is 0. The van der Waals surface area contributed by atoms with Crippen LogP contribution in [0.5, 0.6) is 5.75 Å². The van der Waals surface area contributed by atoms with Gasteiger partial charge in [-0.1, -0.05) is 24.3 Å². The van der Waals surface area contributed by atoms with Crippen LogP contribution in [0.2, 0.25) is 0 Å². The third kappa shape index (κ3) is 12.8. The van der Waals surface area contributed by atoms with Crippen LogP contribution in [0.4, 0.5) is 35.0 Å². The van der Waals surface area contributed by atoms with Gasteiger partial charge in [0.05, 0.1) is 48.3 Å². The second-order valence-corrected chi connectivity index (χ2v) is 13.0. The third-order valence-electron chi connectivity index (χ3n) is 8.91. The van der Waals surface area contributed by atoms with Crippen molar-refractivity contribution in [2.24, 2.45) is 0 Å². The number of alkyl halides is 3. The summed E-state index contributed by atoms with van der Waals surface area (Å²) in [5, 5.41) is 16.4. The molecule has 0 fully saturated rings. The molecule has 0 aliphatic rings. The Hall–Kier alpha value is -6.85. The second kappa shape index (κ2) is 21.2. The number of anilines is 2. The number of carbonyl (C=O) groups excluding carboxylic acids is 3. The first-order chi connectivity index (χ1) is 28.8. The summed E-state index contributed by atoms with van der Waals surface area (Å²) >= 11 is 0. The van der Waals surface area contributed by atoms with E-state index < -0.39 is 34.6 Å². The van der Waals surface area contributed by atoms with Gasteiger partial charge < -0.3 is 34.5 Å². The molecule has 0 aliphatic carbocycles. The molecule has 0 radical (unpaired) electrons. The quantitative estimate of drug-likeness (QED) is 0.0269. The molecule has 4 aromatic carbocycles. The molecule has 0 saturated heterocycles. The number of amides is 2. The monoisotopic (exact) mass is 829 g/mol. The molecule has 2 N–H and O–H groups in total. The molecule has 0 bridgehead atoms. The van der Waals surface area contributed by atoms with Crippen molar-refractivity contribution < 1.29 is 51.4 Å². The van der Waals surface area contributed by atoms with Gasteiger partial charge in [0, 0.05) is 60.3 Å². The average Bonchev–Trinajstić information content (AvgIpc) is 3.24. The van der Waals surface area contributed by atoms with Gasteiger partial charge in [-0.3, -0.25) is 24.7 Å². The minimum Gasteiger partial charge on any atom is -0.432 e. The van der Waals surface area contributed by atoms with Crippen LogP contribution in [0, 0.1) is 10.1 Å². The Morgan fingerprint density at radius 1 is 0.783 bits per heavy atom. The number of nitro benzene ring substituents is 1. The lowest BCUT2D eigenvalue weighted by Gasteiger charge is -2.23. The van der Waals surface area contributed by atoms with E-state index in [1.54, 1.807) is 36.4 Å². The molecule has 5 aromatic rings. The standard InChI is InChI=1S/C43H42F3N5O9/c1-3-50(4-2)35-13-16-38(37(26-35)39-25-32(17-18-47-39)40(52)48-27-29-7-6-10-33(24-29)43(44,45)46)49-41(53)31-9-5-8-30(23-31)28-58-20-19-57-21-22-59-42(54)60-36-14-11-34(12-15-36)51(55)56/h5-18,23-26H,3-4,19-22,27-28H2,1-2H3,(H,48,52)(H,49,53). The first-order valence-corrected chi connectivity index (χ1v) is 18.8. The fourth-order valence-corrected chi connectivity index (χ4v) is 5.85. The summed E-state index contributed by atoms with van der Waals surface area (Å²) in [6.07, 6.45) is -4.04. The summed E-state index contributed by atoms with van der Waals surface area (Å²) in [6.45, 7) is 5.90. The number of nitro groups is 1. The summed E-state index contributed by atoms with van der Waals surface area (Å²) in [6, 6.07) is 25.2. The van der Waals surface area contributed by atoms with Crippen LogP contribution in [0.1, 0.15) is 51.3 Å². The van der Waals surface area contributed by atoms with Crippen molar-refractivity contribution in [2.75, 3.05) is 49.7 Å². The van der Waals surface area contributed by atoms with E-state index in [0.717, 1.165) is 23.4 Å². The first kappa shape index (κ1) is 44.3. The number of benzene rings is 4. The van der Waals surface area contributed by atoms with E-state index in [2.05, 4.69) is 20.5 Å². The molecule has 14 nitrogen and oxygen atoms in total. The molecule has 5 rings (SSSR count). The van der Waals surface area contributed by atoms with E-state index in [4.69, 9.17) is 18.9 Å². The van der Waals surface area contributed by atoms with Crippen LogP contribution in [0.25, 0.3) is 11.3 Å². The zero-order valence-electron chi connectivity index (χ0n) is 32.7. The SMILES string of the molecule is CCN(CC)c1ccc(NC(=O)c2cccc(COCCOCCOC(=O)Oc3ccc([N+](=O)[O-])cc3)c2)c(-c2cc(C(=O)NCc3cccc(C(F)(F)F)c3)ccn2)c1. The van der Waals surface area contributed by atoms with Crippen LogP contribution >= 0.6 is 0 Å². The Morgan fingerprint density at radius 3 is 2.22 bits per heavy atom. The molecular formula is C43H42F3N5O9. The number of halogens is 3. The molecule has 0 aliphatic heterocycles. The van der Waals surface area contributed by atoms with Crippen molar-refractivity contribution in [3.05, 3.63) is 147 Å². The van der Waals surface area contributed by atoms with Crippen molar-refractivity contribution in [1.29, 1.82) is 0 Å². The zero-order chi connectivity index (χ0) is 43.1. The van der Waals surface area contributed by atoms with Crippen LogP contribution in [0.15, 0.2) is 109 Å². The highest BCUT2D eigenvalue weighted by molar-refractivity contribution is 6.06. The molecule has 0 atom stereocenters. The maximum absolute atomic E-state index is 13.6. The highest BCUT2D eigenvalue weighted by Gasteiger charge is 2.30. The van der Waals surface area contributed by atoms with Gasteiger partial charge in [0.25, 0.3) is 17.5 Å². The number of ether oxygens (including phenoxy) is 4. The van der Waals surface area contributed by atoms with Gasteiger partial charge >= 0.3 is 12.3 Å². The number of aromatic nitrogens is 1. The molecule has 1 aromatic heterocycles. The van der Waals surface area contributed by atoms with Crippen molar-refractivity contribution >= 4 is 35.0 Å². The molecule has 0 unspecified atom stereocenters. The fourth-order valence-electron chi connectivity index (χ4n) is 5.85. The van der Waals surface area contributed by atoms with Gasteiger partial charge in [0.15, 0.2) is 0 Å². The summed E-state index contributed by atoms with van der Waals surface area (Å²) < 4.78 is 60.6. The lowest BCUT2D eigenvalue weighted by atomic mass is 10.0.